The topological polar surface area (TPSA) is 202 Å². The highest BCUT2D eigenvalue weighted by Crippen LogP contribution is 2.16. The number of nitrogens with one attached hydrogen (secondary N) is 4. The van der Waals surface area contributed by atoms with E-state index in [1.54, 1.807) is 37.5 Å². The molecule has 0 spiro atoms. The number of aryl methyl sites for hydroxylation is 2. The van der Waals surface area contributed by atoms with Gasteiger partial charge in [-0.15, -0.1) is 0 Å². The first-order valence-corrected chi connectivity index (χ1v) is 12.1. The molecule has 2 heterocycles. The number of carbonyl (C=O) groups is 3. The fraction of sp³-hybridized carbons (Fsp3) is 0.400. The van der Waals surface area contributed by atoms with Gasteiger partial charge in [0.15, 0.2) is 0 Å². The molecule has 0 saturated heterocycles. The smallest absolute Gasteiger partial charge is 0.328 e. The Balaban J connectivity index is 1.56. The van der Waals surface area contributed by atoms with Crippen molar-refractivity contribution in [3.63, 3.8) is 0 Å². The van der Waals surface area contributed by atoms with Gasteiger partial charge in [0.1, 0.15) is 18.3 Å². The van der Waals surface area contributed by atoms with Gasteiger partial charge in [-0.3, -0.25) is 19.4 Å². The number of esters is 1. The highest BCUT2D eigenvalue weighted by Gasteiger charge is 2.24. The van der Waals surface area contributed by atoms with Crippen LogP contribution in [-0.4, -0.2) is 77.4 Å². The fourth-order valence-electron chi connectivity index (χ4n) is 3.76. The lowest BCUT2D eigenvalue weighted by atomic mass is 10.0. The average Bonchev–Trinajstić information content (AvgIpc) is 3.30. The Morgan fingerprint density at radius 1 is 1.13 bits per heavy atom. The summed E-state index contributed by atoms with van der Waals surface area (Å²) in [5.74, 6) is -2.30. The van der Waals surface area contributed by atoms with Gasteiger partial charge in [-0.25, -0.2) is 4.79 Å². The van der Waals surface area contributed by atoms with Gasteiger partial charge >= 0.3 is 11.9 Å². The van der Waals surface area contributed by atoms with Crippen molar-refractivity contribution in [2.75, 3.05) is 39.1 Å². The number of rotatable bonds is 15. The minimum atomic E-state index is -1.11. The Morgan fingerprint density at radius 2 is 1.89 bits per heavy atom. The van der Waals surface area contributed by atoms with Crippen LogP contribution in [0.15, 0.2) is 35.3 Å². The summed E-state index contributed by atoms with van der Waals surface area (Å²) in [5.41, 5.74) is 7.71. The number of anilines is 1. The zero-order valence-electron chi connectivity index (χ0n) is 21.0. The maximum Gasteiger partial charge on any atom is 0.328 e. The average molecular weight is 529 g/mol. The molecule has 0 aliphatic heterocycles. The van der Waals surface area contributed by atoms with E-state index in [0.717, 1.165) is 11.1 Å². The largest absolute Gasteiger partial charge is 0.481 e. The highest BCUT2D eigenvalue weighted by atomic mass is 16.6. The first-order valence-electron chi connectivity index (χ1n) is 12.1. The SMILES string of the molecule is CNCCOCCOC(=O)[C@H](CCC(=O)O)NC(=O)c1ccc(CCc2c[nH]c3nc(N)[nH]c(=O)c23)cc1. The number of aromatic nitrogens is 3. The van der Waals surface area contributed by atoms with Crippen molar-refractivity contribution >= 4 is 34.8 Å². The molecule has 204 valence electrons. The molecule has 1 aromatic carbocycles. The quantitative estimate of drug-likeness (QED) is 0.118. The molecule has 1 amide bonds. The lowest BCUT2D eigenvalue weighted by molar-refractivity contribution is -0.148. The number of H-pyrrole nitrogens is 2. The van der Waals surface area contributed by atoms with E-state index in [1.807, 2.05) is 0 Å². The molecule has 0 radical (unpaired) electrons. The molecule has 0 fully saturated rings. The Labute approximate surface area is 218 Å². The van der Waals surface area contributed by atoms with E-state index in [1.165, 1.54) is 0 Å². The summed E-state index contributed by atoms with van der Waals surface area (Å²) < 4.78 is 10.4. The van der Waals surface area contributed by atoms with E-state index in [0.29, 0.717) is 42.6 Å². The van der Waals surface area contributed by atoms with E-state index < -0.39 is 23.9 Å². The molecular weight excluding hydrogens is 496 g/mol. The fourth-order valence-corrected chi connectivity index (χ4v) is 3.76. The van der Waals surface area contributed by atoms with Gasteiger partial charge in [-0.05, 0) is 49.6 Å². The van der Waals surface area contributed by atoms with Crippen LogP contribution >= 0.6 is 0 Å². The van der Waals surface area contributed by atoms with Gasteiger partial charge in [0.05, 0.1) is 18.6 Å². The van der Waals surface area contributed by atoms with E-state index in [4.69, 9.17) is 20.3 Å². The number of carbonyl (C=O) groups excluding carboxylic acids is 2. The molecule has 2 aromatic heterocycles. The molecule has 13 heteroatoms. The summed E-state index contributed by atoms with van der Waals surface area (Å²) in [7, 11) is 1.79. The van der Waals surface area contributed by atoms with Crippen LogP contribution in [0.1, 0.15) is 34.3 Å². The van der Waals surface area contributed by atoms with E-state index in [2.05, 4.69) is 25.6 Å². The second-order valence-electron chi connectivity index (χ2n) is 8.53. The zero-order chi connectivity index (χ0) is 27.5. The number of ether oxygens (including phenoxy) is 2. The number of nitrogen functional groups attached to an aromatic ring is 1. The molecule has 0 unspecified atom stereocenters. The standard InChI is InChI=1S/C25H32N6O7/c1-27-10-11-37-12-13-38-24(36)18(8-9-19(32)33)29-22(34)16-5-2-15(3-6-16)4-7-17-14-28-21-20(17)23(35)31-25(26)30-21/h2-3,5-6,14,18,27H,4,7-13H2,1H3,(H,29,34)(H,32,33)(H4,26,28,30,31,35)/t18-/m0/s1. The van der Waals surface area contributed by atoms with Crippen LogP contribution in [0.2, 0.25) is 0 Å². The molecule has 0 aliphatic carbocycles. The minimum absolute atomic E-state index is 0.0115. The third-order valence-electron chi connectivity index (χ3n) is 5.75. The van der Waals surface area contributed by atoms with Crippen LogP contribution < -0.4 is 21.9 Å². The van der Waals surface area contributed by atoms with Crippen molar-refractivity contribution in [2.45, 2.75) is 31.7 Å². The number of nitrogens with two attached hydrogens (primary N) is 1. The number of nitrogens with zero attached hydrogens (tertiary/aromatic N) is 1. The van der Waals surface area contributed by atoms with Gasteiger partial charge in [-0.2, -0.15) is 4.98 Å². The monoisotopic (exact) mass is 528 g/mol. The number of benzene rings is 1. The van der Waals surface area contributed by atoms with Crippen molar-refractivity contribution in [2.24, 2.45) is 0 Å². The number of carboxylic acid groups (broad SMARTS) is 1. The van der Waals surface area contributed by atoms with E-state index >= 15 is 0 Å². The molecule has 0 saturated carbocycles. The third kappa shape index (κ3) is 8.15. The van der Waals surface area contributed by atoms with Gasteiger partial charge < -0.3 is 35.9 Å². The van der Waals surface area contributed by atoms with Gasteiger partial charge in [0.2, 0.25) is 5.95 Å². The van der Waals surface area contributed by atoms with Crippen LogP contribution in [0.3, 0.4) is 0 Å². The second-order valence-corrected chi connectivity index (χ2v) is 8.53. The number of carboxylic acids is 1. The van der Waals surface area contributed by atoms with Gasteiger partial charge in [-0.1, -0.05) is 12.1 Å². The van der Waals surface area contributed by atoms with Crippen molar-refractivity contribution in [1.29, 1.82) is 0 Å². The third-order valence-corrected chi connectivity index (χ3v) is 5.75. The molecule has 13 nitrogen and oxygen atoms in total. The maximum absolute atomic E-state index is 12.8. The number of hydrogen-bond acceptors (Lipinski definition) is 9. The van der Waals surface area contributed by atoms with Crippen molar-refractivity contribution in [3.8, 4) is 0 Å². The first-order chi connectivity index (χ1) is 18.3. The van der Waals surface area contributed by atoms with Crippen molar-refractivity contribution < 1.29 is 29.0 Å². The lowest BCUT2D eigenvalue weighted by Gasteiger charge is -2.17. The van der Waals surface area contributed by atoms with Crippen LogP contribution in [0.4, 0.5) is 5.95 Å². The van der Waals surface area contributed by atoms with Crippen LogP contribution in [0.25, 0.3) is 11.0 Å². The molecular formula is C25H32N6O7. The molecule has 0 bridgehead atoms. The van der Waals surface area contributed by atoms with Crippen LogP contribution in [-0.2, 0) is 31.9 Å². The Hall–Kier alpha value is -4.23. The lowest BCUT2D eigenvalue weighted by Crippen LogP contribution is -2.42. The Kier molecular flexibility index (Phi) is 10.4. The first kappa shape index (κ1) is 28.3. The predicted octanol–water partition coefficient (Wildman–Crippen LogP) is 0.361. The summed E-state index contributed by atoms with van der Waals surface area (Å²) in [6.07, 6.45) is 2.46. The molecule has 7 N–H and O–H groups in total. The Morgan fingerprint density at radius 3 is 2.61 bits per heavy atom. The predicted molar refractivity (Wildman–Crippen MR) is 139 cm³/mol. The molecule has 1 atom stereocenters. The number of amides is 1. The highest BCUT2D eigenvalue weighted by molar-refractivity contribution is 5.96. The number of fused-ring (bicyclic) bond motifs is 1. The number of aliphatic carboxylic acids is 1. The minimum Gasteiger partial charge on any atom is -0.481 e. The number of aromatic amines is 2. The zero-order valence-corrected chi connectivity index (χ0v) is 21.0. The van der Waals surface area contributed by atoms with Crippen molar-refractivity contribution in [3.05, 3.63) is 57.5 Å². The normalized spacial score (nSPS) is 11.8. The van der Waals surface area contributed by atoms with Gasteiger partial charge in [0.25, 0.3) is 11.5 Å². The van der Waals surface area contributed by atoms with Crippen LogP contribution in [0, 0.1) is 0 Å². The summed E-state index contributed by atoms with van der Waals surface area (Å²) >= 11 is 0. The van der Waals surface area contributed by atoms with E-state index in [9.17, 15) is 19.2 Å². The second kappa shape index (κ2) is 13.9. The van der Waals surface area contributed by atoms with Crippen molar-refractivity contribution in [1.82, 2.24) is 25.6 Å². The number of hydrogen-bond donors (Lipinski definition) is 6. The molecule has 3 aromatic rings. The molecule has 38 heavy (non-hydrogen) atoms. The summed E-state index contributed by atoms with van der Waals surface area (Å²) in [6, 6.07) is 5.67. The maximum atomic E-state index is 12.8. The molecule has 3 rings (SSSR count). The Bertz CT molecular complexity index is 1300. The van der Waals surface area contributed by atoms with Gasteiger partial charge in [0, 0.05) is 24.7 Å². The molecule has 0 aliphatic rings. The van der Waals surface area contributed by atoms with Crippen LogP contribution in [0.5, 0.6) is 0 Å². The number of likely N-dealkylation sites (N-methyl/N-ethyl adjacent to an activating group) is 1. The van der Waals surface area contributed by atoms with E-state index in [-0.39, 0.29) is 37.6 Å². The summed E-state index contributed by atoms with van der Waals surface area (Å²) in [6.45, 7) is 1.28. The summed E-state index contributed by atoms with van der Waals surface area (Å²) in [4.78, 5) is 58.0. The summed E-state index contributed by atoms with van der Waals surface area (Å²) in [5, 5.41) is 15.0.